The molecule has 1 fully saturated rings. The lowest BCUT2D eigenvalue weighted by atomic mass is 10.1. The van der Waals surface area contributed by atoms with Crippen LogP contribution in [0.3, 0.4) is 0 Å². The third-order valence-corrected chi connectivity index (χ3v) is 4.73. The SMILES string of the molecule is CCOc1ccccc1C(=O)N1CCN(C(=O)C2=NN(C)C(=O)CC2)CC1. The predicted octanol–water partition coefficient (Wildman–Crippen LogP) is 0.978. The average molecular weight is 372 g/mol. The van der Waals surface area contributed by atoms with Gasteiger partial charge in [-0.05, 0) is 19.1 Å². The number of hydrogen-bond donors (Lipinski definition) is 0. The van der Waals surface area contributed by atoms with Crippen molar-refractivity contribution in [2.24, 2.45) is 5.10 Å². The first kappa shape index (κ1) is 18.9. The van der Waals surface area contributed by atoms with E-state index in [0.717, 1.165) is 0 Å². The molecule has 144 valence electrons. The monoisotopic (exact) mass is 372 g/mol. The molecule has 2 heterocycles. The van der Waals surface area contributed by atoms with Crippen LogP contribution in [0.1, 0.15) is 30.1 Å². The second kappa shape index (κ2) is 8.20. The Kier molecular flexibility index (Phi) is 5.73. The van der Waals surface area contributed by atoms with Crippen molar-refractivity contribution in [1.82, 2.24) is 14.8 Å². The summed E-state index contributed by atoms with van der Waals surface area (Å²) in [5.74, 6) is 0.241. The fourth-order valence-electron chi connectivity index (χ4n) is 3.21. The highest BCUT2D eigenvalue weighted by atomic mass is 16.5. The Morgan fingerprint density at radius 2 is 1.67 bits per heavy atom. The fourth-order valence-corrected chi connectivity index (χ4v) is 3.21. The van der Waals surface area contributed by atoms with Gasteiger partial charge in [0.05, 0.1) is 12.2 Å². The largest absolute Gasteiger partial charge is 0.493 e. The average Bonchev–Trinajstić information content (AvgIpc) is 2.70. The van der Waals surface area contributed by atoms with Crippen LogP contribution in [0, 0.1) is 0 Å². The van der Waals surface area contributed by atoms with Gasteiger partial charge in [-0.15, -0.1) is 0 Å². The Bertz CT molecular complexity index is 769. The van der Waals surface area contributed by atoms with Gasteiger partial charge in [-0.2, -0.15) is 5.10 Å². The summed E-state index contributed by atoms with van der Waals surface area (Å²) in [6, 6.07) is 7.20. The summed E-state index contributed by atoms with van der Waals surface area (Å²) in [5, 5.41) is 5.31. The number of ether oxygens (including phenoxy) is 1. The van der Waals surface area contributed by atoms with Gasteiger partial charge < -0.3 is 14.5 Å². The molecule has 0 bridgehead atoms. The van der Waals surface area contributed by atoms with Crippen LogP contribution < -0.4 is 4.74 Å². The number of para-hydroxylation sites is 1. The quantitative estimate of drug-likeness (QED) is 0.789. The van der Waals surface area contributed by atoms with Gasteiger partial charge in [0.15, 0.2) is 0 Å². The van der Waals surface area contributed by atoms with Gasteiger partial charge in [0.1, 0.15) is 11.5 Å². The van der Waals surface area contributed by atoms with Gasteiger partial charge in [-0.25, -0.2) is 5.01 Å². The van der Waals surface area contributed by atoms with Crippen LogP contribution in [-0.2, 0) is 9.59 Å². The summed E-state index contributed by atoms with van der Waals surface area (Å²) in [6.45, 7) is 4.16. The van der Waals surface area contributed by atoms with E-state index in [1.807, 2.05) is 19.1 Å². The predicted molar refractivity (Wildman–Crippen MR) is 99.5 cm³/mol. The molecule has 0 atom stereocenters. The van der Waals surface area contributed by atoms with Gasteiger partial charge in [-0.1, -0.05) is 12.1 Å². The number of rotatable bonds is 4. The van der Waals surface area contributed by atoms with Gasteiger partial charge >= 0.3 is 0 Å². The molecule has 0 aromatic heterocycles. The molecule has 3 rings (SSSR count). The summed E-state index contributed by atoms with van der Waals surface area (Å²) in [5.41, 5.74) is 0.939. The number of hydrazone groups is 1. The van der Waals surface area contributed by atoms with E-state index < -0.39 is 0 Å². The fraction of sp³-hybridized carbons (Fsp3) is 0.474. The maximum absolute atomic E-state index is 12.8. The molecule has 0 aliphatic carbocycles. The highest BCUT2D eigenvalue weighted by Gasteiger charge is 2.30. The molecule has 0 unspecified atom stereocenters. The van der Waals surface area contributed by atoms with Crippen molar-refractivity contribution < 1.29 is 19.1 Å². The van der Waals surface area contributed by atoms with Crippen LogP contribution in [0.2, 0.25) is 0 Å². The molecule has 0 spiro atoms. The summed E-state index contributed by atoms with van der Waals surface area (Å²) < 4.78 is 5.55. The number of amides is 3. The van der Waals surface area contributed by atoms with E-state index in [0.29, 0.717) is 62.7 Å². The third kappa shape index (κ3) is 4.10. The number of carbonyl (C=O) groups excluding carboxylic acids is 3. The van der Waals surface area contributed by atoms with Crippen molar-refractivity contribution in [3.8, 4) is 5.75 Å². The topological polar surface area (TPSA) is 82.5 Å². The lowest BCUT2D eigenvalue weighted by molar-refractivity contribution is -0.131. The standard InChI is InChI=1S/C19H24N4O4/c1-3-27-16-7-5-4-6-14(16)18(25)22-10-12-23(13-11-22)19(26)15-8-9-17(24)21(2)20-15/h4-7H,3,8-13H2,1-2H3. The van der Waals surface area contributed by atoms with Crippen molar-refractivity contribution in [2.45, 2.75) is 19.8 Å². The second-order valence-electron chi connectivity index (χ2n) is 6.48. The Morgan fingerprint density at radius 3 is 2.30 bits per heavy atom. The molecule has 1 aromatic carbocycles. The highest BCUT2D eigenvalue weighted by molar-refractivity contribution is 6.39. The van der Waals surface area contributed by atoms with Gasteiger partial charge in [0.25, 0.3) is 11.8 Å². The van der Waals surface area contributed by atoms with E-state index in [2.05, 4.69) is 5.10 Å². The smallest absolute Gasteiger partial charge is 0.270 e. The van der Waals surface area contributed by atoms with Crippen LogP contribution in [-0.4, -0.2) is 78.1 Å². The lowest BCUT2D eigenvalue weighted by Gasteiger charge is -2.35. The highest BCUT2D eigenvalue weighted by Crippen LogP contribution is 2.21. The van der Waals surface area contributed by atoms with Crippen LogP contribution in [0.25, 0.3) is 0 Å². The molecule has 0 saturated carbocycles. The minimum absolute atomic E-state index is 0.0880. The van der Waals surface area contributed by atoms with E-state index in [1.54, 1.807) is 29.0 Å². The minimum atomic E-state index is -0.156. The zero-order valence-corrected chi connectivity index (χ0v) is 15.7. The van der Waals surface area contributed by atoms with E-state index in [-0.39, 0.29) is 17.7 Å². The summed E-state index contributed by atoms with van der Waals surface area (Å²) in [6.07, 6.45) is 0.663. The summed E-state index contributed by atoms with van der Waals surface area (Å²) in [7, 11) is 1.56. The molecule has 1 aromatic rings. The second-order valence-corrected chi connectivity index (χ2v) is 6.48. The first-order chi connectivity index (χ1) is 13.0. The molecule has 3 amide bonds. The third-order valence-electron chi connectivity index (χ3n) is 4.73. The number of carbonyl (C=O) groups is 3. The van der Waals surface area contributed by atoms with Crippen LogP contribution in [0.15, 0.2) is 29.4 Å². The number of piperazine rings is 1. The molecule has 2 aliphatic rings. The Labute approximate surface area is 158 Å². The number of nitrogens with zero attached hydrogens (tertiary/aromatic N) is 4. The maximum atomic E-state index is 12.8. The summed E-state index contributed by atoms with van der Waals surface area (Å²) >= 11 is 0. The van der Waals surface area contributed by atoms with Crippen molar-refractivity contribution in [3.63, 3.8) is 0 Å². The first-order valence-corrected chi connectivity index (χ1v) is 9.15. The van der Waals surface area contributed by atoms with E-state index >= 15 is 0 Å². The molecule has 1 saturated heterocycles. The van der Waals surface area contributed by atoms with Crippen LogP contribution >= 0.6 is 0 Å². The Balaban J connectivity index is 1.62. The van der Waals surface area contributed by atoms with E-state index in [9.17, 15) is 14.4 Å². The molecular formula is C19H24N4O4. The molecule has 0 radical (unpaired) electrons. The molecule has 27 heavy (non-hydrogen) atoms. The number of benzene rings is 1. The molecule has 2 aliphatic heterocycles. The van der Waals surface area contributed by atoms with Gasteiger partial charge in [-0.3, -0.25) is 14.4 Å². The maximum Gasteiger partial charge on any atom is 0.270 e. The van der Waals surface area contributed by atoms with Gasteiger partial charge in [0, 0.05) is 46.1 Å². The Morgan fingerprint density at radius 1 is 1.04 bits per heavy atom. The number of hydrogen-bond acceptors (Lipinski definition) is 5. The van der Waals surface area contributed by atoms with E-state index in [1.165, 1.54) is 5.01 Å². The van der Waals surface area contributed by atoms with Crippen molar-refractivity contribution in [1.29, 1.82) is 0 Å². The minimum Gasteiger partial charge on any atom is -0.493 e. The lowest BCUT2D eigenvalue weighted by Crippen LogP contribution is -2.52. The molecular weight excluding hydrogens is 348 g/mol. The van der Waals surface area contributed by atoms with Crippen LogP contribution in [0.5, 0.6) is 5.75 Å². The first-order valence-electron chi connectivity index (χ1n) is 9.15. The normalized spacial score (nSPS) is 17.6. The van der Waals surface area contributed by atoms with Crippen molar-refractivity contribution in [2.75, 3.05) is 39.8 Å². The zero-order valence-electron chi connectivity index (χ0n) is 15.7. The van der Waals surface area contributed by atoms with Crippen molar-refractivity contribution in [3.05, 3.63) is 29.8 Å². The molecule has 0 N–H and O–H groups in total. The van der Waals surface area contributed by atoms with Crippen LogP contribution in [0.4, 0.5) is 0 Å². The Hall–Kier alpha value is -2.90. The molecule has 8 heteroatoms. The van der Waals surface area contributed by atoms with E-state index in [4.69, 9.17) is 4.74 Å². The summed E-state index contributed by atoms with van der Waals surface area (Å²) in [4.78, 5) is 40.4. The van der Waals surface area contributed by atoms with Gasteiger partial charge in [0.2, 0.25) is 5.91 Å². The molecule has 8 nitrogen and oxygen atoms in total. The zero-order chi connectivity index (χ0) is 19.4. The van der Waals surface area contributed by atoms with Crippen molar-refractivity contribution >= 4 is 23.4 Å².